The predicted octanol–water partition coefficient (Wildman–Crippen LogP) is -0.753. The molecule has 0 spiro atoms. The van der Waals surface area contributed by atoms with Crippen molar-refractivity contribution in [2.24, 2.45) is 12.9 Å². The third-order valence-corrected chi connectivity index (χ3v) is 1.40. The van der Waals surface area contributed by atoms with Crippen LogP contribution in [0.3, 0.4) is 0 Å². The molecule has 0 saturated heterocycles. The van der Waals surface area contributed by atoms with E-state index in [4.69, 9.17) is 5.90 Å². The third kappa shape index (κ3) is 1.47. The molecule has 6 nitrogen and oxygen atoms in total. The average Bonchev–Trinajstić information content (AvgIpc) is 2.34. The van der Waals surface area contributed by atoms with Crippen LogP contribution in [0.4, 0.5) is 5.95 Å². The lowest BCUT2D eigenvalue weighted by Crippen LogP contribution is -2.06. The summed E-state index contributed by atoms with van der Waals surface area (Å²) in [4.78, 5) is 4.42. The fourth-order valence-corrected chi connectivity index (χ4v) is 0.779. The topological polar surface area (TPSA) is 78.0 Å². The molecule has 0 bridgehead atoms. The van der Waals surface area contributed by atoms with Gasteiger partial charge < -0.3 is 5.32 Å². The van der Waals surface area contributed by atoms with Gasteiger partial charge in [0.1, 0.15) is 6.61 Å². The molecule has 0 aromatic carbocycles. The molecule has 0 fully saturated rings. The van der Waals surface area contributed by atoms with Crippen molar-refractivity contribution in [3.8, 4) is 0 Å². The molecule has 0 radical (unpaired) electrons. The van der Waals surface area contributed by atoms with Crippen LogP contribution < -0.4 is 11.2 Å². The zero-order chi connectivity index (χ0) is 8.27. The SMILES string of the molecule is CNc1nnc(CON)n1C. The molecule has 3 N–H and O–H groups in total. The van der Waals surface area contributed by atoms with Crippen LogP contribution in [0.1, 0.15) is 5.82 Å². The van der Waals surface area contributed by atoms with Crippen LogP contribution in [0, 0.1) is 0 Å². The monoisotopic (exact) mass is 157 g/mol. The predicted molar refractivity (Wildman–Crippen MR) is 39.5 cm³/mol. The van der Waals surface area contributed by atoms with E-state index in [1.54, 1.807) is 11.6 Å². The van der Waals surface area contributed by atoms with Crippen LogP contribution >= 0.6 is 0 Å². The van der Waals surface area contributed by atoms with Gasteiger partial charge >= 0.3 is 0 Å². The Bertz CT molecular complexity index is 233. The first-order valence-corrected chi connectivity index (χ1v) is 3.17. The van der Waals surface area contributed by atoms with E-state index in [-0.39, 0.29) is 6.61 Å². The van der Waals surface area contributed by atoms with Crippen LogP contribution in [0.2, 0.25) is 0 Å². The first-order valence-electron chi connectivity index (χ1n) is 3.17. The zero-order valence-electron chi connectivity index (χ0n) is 6.53. The fraction of sp³-hybridized carbons (Fsp3) is 0.600. The van der Waals surface area contributed by atoms with Gasteiger partial charge in [0.05, 0.1) is 0 Å². The van der Waals surface area contributed by atoms with Gasteiger partial charge in [-0.3, -0.25) is 9.40 Å². The van der Waals surface area contributed by atoms with Crippen molar-refractivity contribution in [1.29, 1.82) is 0 Å². The average molecular weight is 157 g/mol. The summed E-state index contributed by atoms with van der Waals surface area (Å²) in [5, 5.41) is 10.5. The minimum atomic E-state index is 0.269. The Morgan fingerprint density at radius 2 is 2.36 bits per heavy atom. The van der Waals surface area contributed by atoms with Crippen molar-refractivity contribution in [3.63, 3.8) is 0 Å². The number of hydrogen-bond acceptors (Lipinski definition) is 5. The summed E-state index contributed by atoms with van der Waals surface area (Å²) in [7, 11) is 3.61. The molecule has 1 aromatic heterocycles. The summed E-state index contributed by atoms with van der Waals surface area (Å²) in [5.41, 5.74) is 0. The van der Waals surface area contributed by atoms with Gasteiger partial charge in [-0.2, -0.15) is 0 Å². The van der Waals surface area contributed by atoms with Crippen LogP contribution in [-0.4, -0.2) is 21.8 Å². The lowest BCUT2D eigenvalue weighted by atomic mass is 10.6. The number of rotatable bonds is 3. The lowest BCUT2D eigenvalue weighted by molar-refractivity contribution is 0.116. The molecule has 0 aliphatic carbocycles. The molecule has 0 atom stereocenters. The van der Waals surface area contributed by atoms with E-state index in [0.29, 0.717) is 11.8 Å². The first-order chi connectivity index (χ1) is 5.29. The molecular formula is C5H11N5O. The summed E-state index contributed by atoms with van der Waals surface area (Å²) in [6.07, 6.45) is 0. The van der Waals surface area contributed by atoms with Crippen molar-refractivity contribution in [1.82, 2.24) is 14.8 Å². The van der Waals surface area contributed by atoms with Crippen LogP contribution in [0.15, 0.2) is 0 Å². The highest BCUT2D eigenvalue weighted by atomic mass is 16.6. The van der Waals surface area contributed by atoms with Gasteiger partial charge in [0.2, 0.25) is 5.95 Å². The number of aromatic nitrogens is 3. The van der Waals surface area contributed by atoms with Crippen molar-refractivity contribution in [2.45, 2.75) is 6.61 Å². The number of nitrogens with two attached hydrogens (primary N) is 1. The molecule has 0 aliphatic rings. The number of anilines is 1. The Hall–Kier alpha value is -1.14. The van der Waals surface area contributed by atoms with Crippen LogP contribution in [0.25, 0.3) is 0 Å². The van der Waals surface area contributed by atoms with E-state index in [0.717, 1.165) is 0 Å². The highest BCUT2D eigenvalue weighted by molar-refractivity contribution is 5.23. The second-order valence-corrected chi connectivity index (χ2v) is 2.06. The van der Waals surface area contributed by atoms with Gasteiger partial charge in [-0.1, -0.05) is 0 Å². The Kier molecular flexibility index (Phi) is 2.40. The Balaban J connectivity index is 2.82. The van der Waals surface area contributed by atoms with E-state index in [1.165, 1.54) is 0 Å². The molecule has 6 heteroatoms. The maximum Gasteiger partial charge on any atom is 0.224 e. The van der Waals surface area contributed by atoms with E-state index >= 15 is 0 Å². The summed E-state index contributed by atoms with van der Waals surface area (Å²) < 4.78 is 1.77. The van der Waals surface area contributed by atoms with Gasteiger partial charge in [-0.15, -0.1) is 10.2 Å². The van der Waals surface area contributed by atoms with Crippen LogP contribution in [0.5, 0.6) is 0 Å². The molecule has 1 heterocycles. The second kappa shape index (κ2) is 3.31. The zero-order valence-corrected chi connectivity index (χ0v) is 6.53. The standard InChI is InChI=1S/C5H11N5O/c1-7-5-9-8-4(3-11-6)10(5)2/h3,6H2,1-2H3,(H,7,9). The molecule has 62 valence electrons. The molecule has 0 saturated carbocycles. The molecule has 0 aliphatic heterocycles. The maximum absolute atomic E-state index is 4.88. The third-order valence-electron chi connectivity index (χ3n) is 1.40. The highest BCUT2D eigenvalue weighted by Crippen LogP contribution is 2.03. The van der Waals surface area contributed by atoms with E-state index in [1.807, 2.05) is 7.05 Å². The first kappa shape index (κ1) is 7.96. The van der Waals surface area contributed by atoms with Gasteiger partial charge in [-0.25, -0.2) is 5.90 Å². The molecular weight excluding hydrogens is 146 g/mol. The quantitative estimate of drug-likeness (QED) is 0.564. The molecule has 11 heavy (non-hydrogen) atoms. The number of nitrogens with one attached hydrogen (secondary N) is 1. The molecule has 1 aromatic rings. The summed E-state index contributed by atoms with van der Waals surface area (Å²) in [6, 6.07) is 0. The van der Waals surface area contributed by atoms with Crippen molar-refractivity contribution < 1.29 is 4.84 Å². The summed E-state index contributed by atoms with van der Waals surface area (Å²) in [6.45, 7) is 0.269. The minimum absolute atomic E-state index is 0.269. The van der Waals surface area contributed by atoms with Gasteiger partial charge in [-0.05, 0) is 0 Å². The fourth-order valence-electron chi connectivity index (χ4n) is 0.779. The van der Waals surface area contributed by atoms with Crippen molar-refractivity contribution in [2.75, 3.05) is 12.4 Å². The van der Waals surface area contributed by atoms with E-state index in [2.05, 4.69) is 20.4 Å². The van der Waals surface area contributed by atoms with E-state index < -0.39 is 0 Å². The van der Waals surface area contributed by atoms with Crippen LogP contribution in [-0.2, 0) is 18.5 Å². The van der Waals surface area contributed by atoms with E-state index in [9.17, 15) is 0 Å². The highest BCUT2D eigenvalue weighted by Gasteiger charge is 2.05. The molecule has 1 rings (SSSR count). The van der Waals surface area contributed by atoms with Crippen molar-refractivity contribution >= 4 is 5.95 Å². The molecule has 0 unspecified atom stereocenters. The second-order valence-electron chi connectivity index (χ2n) is 2.06. The maximum atomic E-state index is 4.88. The smallest absolute Gasteiger partial charge is 0.224 e. The number of nitrogens with zero attached hydrogens (tertiary/aromatic N) is 3. The normalized spacial score (nSPS) is 10.1. The van der Waals surface area contributed by atoms with Gasteiger partial charge in [0.15, 0.2) is 5.82 Å². The van der Waals surface area contributed by atoms with Gasteiger partial charge in [0.25, 0.3) is 0 Å². The Morgan fingerprint density at radius 1 is 1.64 bits per heavy atom. The molecule has 0 amide bonds. The minimum Gasteiger partial charge on any atom is -0.357 e. The number of hydrogen-bond donors (Lipinski definition) is 2. The summed E-state index contributed by atoms with van der Waals surface area (Å²) in [5.74, 6) is 6.26. The lowest BCUT2D eigenvalue weighted by Gasteiger charge is -2.00. The summed E-state index contributed by atoms with van der Waals surface area (Å²) >= 11 is 0. The Labute approximate surface area is 64.3 Å². The largest absolute Gasteiger partial charge is 0.357 e. The van der Waals surface area contributed by atoms with Crippen molar-refractivity contribution in [3.05, 3.63) is 5.82 Å². The Morgan fingerprint density at radius 3 is 2.82 bits per heavy atom. The van der Waals surface area contributed by atoms with Gasteiger partial charge in [0, 0.05) is 14.1 Å².